The number of nitrogens with two attached hydrogens (primary N) is 1. The summed E-state index contributed by atoms with van der Waals surface area (Å²) in [5.74, 6) is 0.128. The third-order valence-electron chi connectivity index (χ3n) is 3.36. The summed E-state index contributed by atoms with van der Waals surface area (Å²) in [6.07, 6.45) is 0. The third kappa shape index (κ3) is 3.18. The Morgan fingerprint density at radius 2 is 2.32 bits per heavy atom. The van der Waals surface area contributed by atoms with Crippen molar-refractivity contribution in [3.05, 3.63) is 28.3 Å². The Balaban J connectivity index is 1.97. The number of phenolic OH excluding ortho intramolecular Hbond substituents is 1. The van der Waals surface area contributed by atoms with Gasteiger partial charge in [-0.2, -0.15) is 0 Å². The first-order valence-electron chi connectivity index (χ1n) is 6.22. The molecule has 1 saturated heterocycles. The predicted octanol–water partition coefficient (Wildman–Crippen LogP) is 0.689. The molecule has 0 aromatic heterocycles. The van der Waals surface area contributed by atoms with Crippen molar-refractivity contribution in [2.75, 3.05) is 19.6 Å². The lowest BCUT2D eigenvalue weighted by atomic mass is 10.0. The van der Waals surface area contributed by atoms with Gasteiger partial charge in [0.25, 0.3) is 0 Å². The minimum absolute atomic E-state index is 0.00750. The van der Waals surface area contributed by atoms with Crippen LogP contribution in [0.15, 0.2) is 12.1 Å². The van der Waals surface area contributed by atoms with Crippen molar-refractivity contribution in [1.82, 2.24) is 10.6 Å². The number of phenols is 1. The summed E-state index contributed by atoms with van der Waals surface area (Å²) >= 11 is 6.01. The zero-order valence-electron chi connectivity index (χ0n) is 10.7. The maximum atomic E-state index is 11.7. The van der Waals surface area contributed by atoms with Crippen LogP contribution in [0.4, 0.5) is 0 Å². The van der Waals surface area contributed by atoms with Crippen LogP contribution in [0.2, 0.25) is 5.02 Å². The van der Waals surface area contributed by atoms with E-state index in [1.807, 2.05) is 6.92 Å². The SMILES string of the molecule is Cc1cc(O)c([C@H](N)CNC(=O)C2CNC2)cc1Cl. The first-order valence-corrected chi connectivity index (χ1v) is 6.60. The zero-order chi connectivity index (χ0) is 14.0. The molecule has 0 aliphatic carbocycles. The van der Waals surface area contributed by atoms with E-state index in [1.165, 1.54) is 0 Å². The average Bonchev–Trinajstić information content (AvgIpc) is 2.28. The summed E-state index contributed by atoms with van der Waals surface area (Å²) in [6, 6.07) is 2.75. The van der Waals surface area contributed by atoms with Gasteiger partial charge in [-0.25, -0.2) is 0 Å². The molecule has 5 nitrogen and oxygen atoms in total. The normalized spacial score (nSPS) is 16.8. The molecule has 0 bridgehead atoms. The molecule has 1 fully saturated rings. The van der Waals surface area contributed by atoms with Crippen molar-refractivity contribution in [2.45, 2.75) is 13.0 Å². The molecule has 1 heterocycles. The van der Waals surface area contributed by atoms with Crippen LogP contribution in [0.5, 0.6) is 5.75 Å². The zero-order valence-corrected chi connectivity index (χ0v) is 11.5. The van der Waals surface area contributed by atoms with E-state index in [9.17, 15) is 9.90 Å². The lowest BCUT2D eigenvalue weighted by molar-refractivity contribution is -0.126. The quantitative estimate of drug-likeness (QED) is 0.655. The number of carbonyl (C=O) groups excluding carboxylic acids is 1. The fraction of sp³-hybridized carbons (Fsp3) is 0.462. The van der Waals surface area contributed by atoms with Gasteiger partial charge < -0.3 is 21.5 Å². The molecule has 1 atom stereocenters. The van der Waals surface area contributed by atoms with Gasteiger partial charge in [0.15, 0.2) is 0 Å². The van der Waals surface area contributed by atoms with Gasteiger partial charge in [-0.1, -0.05) is 11.6 Å². The van der Waals surface area contributed by atoms with Crippen molar-refractivity contribution < 1.29 is 9.90 Å². The minimum Gasteiger partial charge on any atom is -0.508 e. The van der Waals surface area contributed by atoms with Gasteiger partial charge in [-0.15, -0.1) is 0 Å². The van der Waals surface area contributed by atoms with Crippen LogP contribution in [-0.2, 0) is 4.79 Å². The Bertz CT molecular complexity index is 489. The van der Waals surface area contributed by atoms with E-state index in [-0.39, 0.29) is 24.1 Å². The van der Waals surface area contributed by atoms with Crippen LogP contribution in [0, 0.1) is 12.8 Å². The van der Waals surface area contributed by atoms with Crippen molar-refractivity contribution in [1.29, 1.82) is 0 Å². The van der Waals surface area contributed by atoms with Gasteiger partial charge in [-0.3, -0.25) is 4.79 Å². The standard InChI is InChI=1S/C13H18ClN3O2/c1-7-2-12(18)9(3-10(7)14)11(15)6-17-13(19)8-4-16-5-8/h2-3,8,11,16,18H,4-6,15H2,1H3,(H,17,19)/t11-/m1/s1. The number of halogens is 1. The van der Waals surface area contributed by atoms with E-state index in [1.54, 1.807) is 12.1 Å². The van der Waals surface area contributed by atoms with Gasteiger partial charge >= 0.3 is 0 Å². The molecular weight excluding hydrogens is 266 g/mol. The summed E-state index contributed by atoms with van der Waals surface area (Å²) in [5, 5.41) is 16.2. The Labute approximate surface area is 117 Å². The van der Waals surface area contributed by atoms with Crippen LogP contribution in [-0.4, -0.2) is 30.6 Å². The number of hydrogen-bond donors (Lipinski definition) is 4. The van der Waals surface area contributed by atoms with Crippen LogP contribution in [0.3, 0.4) is 0 Å². The molecule has 0 unspecified atom stereocenters. The van der Waals surface area contributed by atoms with Crippen LogP contribution < -0.4 is 16.4 Å². The summed E-state index contributed by atoms with van der Waals surface area (Å²) in [6.45, 7) is 3.51. The highest BCUT2D eigenvalue weighted by atomic mass is 35.5. The second kappa shape index (κ2) is 5.77. The highest BCUT2D eigenvalue weighted by Crippen LogP contribution is 2.29. The van der Waals surface area contributed by atoms with Crippen molar-refractivity contribution >= 4 is 17.5 Å². The van der Waals surface area contributed by atoms with Crippen molar-refractivity contribution in [2.24, 2.45) is 11.7 Å². The Morgan fingerprint density at radius 3 is 2.89 bits per heavy atom. The van der Waals surface area contributed by atoms with Gasteiger partial charge in [0.2, 0.25) is 5.91 Å². The average molecular weight is 284 g/mol. The molecule has 1 aliphatic rings. The summed E-state index contributed by atoms with van der Waals surface area (Å²) < 4.78 is 0. The van der Waals surface area contributed by atoms with E-state index in [0.717, 1.165) is 5.56 Å². The summed E-state index contributed by atoms with van der Waals surface area (Å²) in [4.78, 5) is 11.7. The Morgan fingerprint density at radius 1 is 1.63 bits per heavy atom. The van der Waals surface area contributed by atoms with E-state index in [0.29, 0.717) is 23.7 Å². The molecule has 6 heteroatoms. The van der Waals surface area contributed by atoms with Crippen LogP contribution in [0.25, 0.3) is 0 Å². The molecule has 5 N–H and O–H groups in total. The molecule has 0 spiro atoms. The topological polar surface area (TPSA) is 87.4 Å². The molecule has 1 aromatic rings. The summed E-state index contributed by atoms with van der Waals surface area (Å²) in [5.41, 5.74) is 7.31. The molecule has 19 heavy (non-hydrogen) atoms. The molecule has 1 aliphatic heterocycles. The Hall–Kier alpha value is -1.30. The maximum Gasteiger partial charge on any atom is 0.225 e. The van der Waals surface area contributed by atoms with Gasteiger partial charge in [-0.05, 0) is 24.6 Å². The number of rotatable bonds is 4. The van der Waals surface area contributed by atoms with E-state index in [4.69, 9.17) is 17.3 Å². The number of aryl methyl sites for hydroxylation is 1. The second-order valence-electron chi connectivity index (χ2n) is 4.87. The third-order valence-corrected chi connectivity index (χ3v) is 3.76. The maximum absolute atomic E-state index is 11.7. The summed E-state index contributed by atoms with van der Waals surface area (Å²) in [7, 11) is 0. The van der Waals surface area contributed by atoms with Crippen LogP contribution >= 0.6 is 11.6 Å². The van der Waals surface area contributed by atoms with Crippen molar-refractivity contribution in [3.8, 4) is 5.75 Å². The number of carbonyl (C=O) groups is 1. The number of hydrogen-bond acceptors (Lipinski definition) is 4. The first-order chi connectivity index (χ1) is 8.99. The first kappa shape index (κ1) is 14.1. The highest BCUT2D eigenvalue weighted by Gasteiger charge is 2.25. The number of nitrogens with one attached hydrogen (secondary N) is 2. The van der Waals surface area contributed by atoms with Gasteiger partial charge in [0.05, 0.1) is 12.0 Å². The smallest absolute Gasteiger partial charge is 0.225 e. The lowest BCUT2D eigenvalue weighted by Crippen LogP contribution is -2.51. The second-order valence-corrected chi connectivity index (χ2v) is 5.27. The van der Waals surface area contributed by atoms with Crippen molar-refractivity contribution in [3.63, 3.8) is 0 Å². The molecule has 1 aromatic carbocycles. The number of amides is 1. The van der Waals surface area contributed by atoms with E-state index < -0.39 is 6.04 Å². The molecule has 2 rings (SSSR count). The van der Waals surface area contributed by atoms with E-state index >= 15 is 0 Å². The van der Waals surface area contributed by atoms with Gasteiger partial charge in [0, 0.05) is 30.2 Å². The highest BCUT2D eigenvalue weighted by molar-refractivity contribution is 6.31. The molecule has 1 amide bonds. The molecule has 104 valence electrons. The monoisotopic (exact) mass is 283 g/mol. The van der Waals surface area contributed by atoms with E-state index in [2.05, 4.69) is 10.6 Å². The molecule has 0 radical (unpaired) electrons. The largest absolute Gasteiger partial charge is 0.508 e. The lowest BCUT2D eigenvalue weighted by Gasteiger charge is -2.26. The number of benzene rings is 1. The molecule has 0 saturated carbocycles. The predicted molar refractivity (Wildman–Crippen MR) is 74.2 cm³/mol. The Kier molecular flexibility index (Phi) is 4.29. The fourth-order valence-electron chi connectivity index (χ4n) is 1.92. The van der Waals surface area contributed by atoms with Gasteiger partial charge in [0.1, 0.15) is 5.75 Å². The molecular formula is C13H18ClN3O2. The minimum atomic E-state index is -0.477. The number of aromatic hydroxyl groups is 1. The fourth-order valence-corrected chi connectivity index (χ4v) is 2.09. The van der Waals surface area contributed by atoms with Crippen LogP contribution in [0.1, 0.15) is 17.2 Å².